The van der Waals surface area contributed by atoms with Crippen molar-refractivity contribution in [2.24, 2.45) is 5.92 Å². The fourth-order valence-electron chi connectivity index (χ4n) is 2.19. The molecule has 0 aliphatic carbocycles. The molecule has 7 heteroatoms. The summed E-state index contributed by atoms with van der Waals surface area (Å²) in [4.78, 5) is 24.8. The monoisotopic (exact) mass is 379 g/mol. The molecule has 1 aromatic heterocycles. The number of amides is 1. The van der Waals surface area contributed by atoms with Crippen LogP contribution in [0.3, 0.4) is 0 Å². The van der Waals surface area contributed by atoms with Crippen LogP contribution in [0.5, 0.6) is 0 Å². The lowest BCUT2D eigenvalue weighted by molar-refractivity contribution is -0.137. The molecule has 0 spiro atoms. The largest absolute Gasteiger partial charge is 0.480 e. The molecule has 0 aliphatic heterocycles. The van der Waals surface area contributed by atoms with Gasteiger partial charge < -0.3 is 10.0 Å². The Kier molecular flexibility index (Phi) is 5.54. The lowest BCUT2D eigenvalue weighted by Crippen LogP contribution is -2.38. The van der Waals surface area contributed by atoms with Crippen LogP contribution in [0.15, 0.2) is 41.0 Å². The molecule has 1 heterocycles. The Morgan fingerprint density at radius 2 is 2.09 bits per heavy atom. The van der Waals surface area contributed by atoms with E-state index in [4.69, 9.17) is 5.11 Å². The van der Waals surface area contributed by atoms with E-state index in [0.717, 1.165) is 10.2 Å². The highest BCUT2D eigenvalue weighted by Gasteiger charge is 2.21. The fourth-order valence-corrected chi connectivity index (χ4v) is 2.57. The topological polar surface area (TPSA) is 75.4 Å². The Morgan fingerprint density at radius 3 is 2.70 bits per heavy atom. The summed E-state index contributed by atoms with van der Waals surface area (Å²) in [5.74, 6) is -1.24. The summed E-state index contributed by atoms with van der Waals surface area (Å²) >= 11 is 3.39. The summed E-state index contributed by atoms with van der Waals surface area (Å²) in [6.45, 7) is 3.90. The average molecular weight is 380 g/mol. The molecular weight excluding hydrogens is 362 g/mol. The maximum atomic E-state index is 12.5. The molecule has 0 atom stereocenters. The first-order valence-electron chi connectivity index (χ1n) is 7.19. The number of nitrogens with zero attached hydrogens (tertiary/aromatic N) is 3. The molecule has 23 heavy (non-hydrogen) atoms. The van der Waals surface area contributed by atoms with Crippen molar-refractivity contribution in [1.29, 1.82) is 0 Å². The van der Waals surface area contributed by atoms with Crippen molar-refractivity contribution in [3.63, 3.8) is 0 Å². The van der Waals surface area contributed by atoms with Gasteiger partial charge in [0.25, 0.3) is 5.91 Å². The van der Waals surface area contributed by atoms with Crippen molar-refractivity contribution in [3.05, 3.63) is 46.7 Å². The van der Waals surface area contributed by atoms with Crippen LogP contribution in [-0.2, 0) is 4.79 Å². The average Bonchev–Trinajstić information content (AvgIpc) is 2.94. The normalized spacial score (nSPS) is 10.8. The molecule has 1 amide bonds. The highest BCUT2D eigenvalue weighted by Crippen LogP contribution is 2.15. The van der Waals surface area contributed by atoms with Crippen LogP contribution in [-0.4, -0.2) is 44.8 Å². The quantitative estimate of drug-likeness (QED) is 0.836. The summed E-state index contributed by atoms with van der Waals surface area (Å²) in [6.07, 6.45) is 1.68. The zero-order chi connectivity index (χ0) is 17.0. The van der Waals surface area contributed by atoms with Crippen molar-refractivity contribution in [1.82, 2.24) is 14.7 Å². The molecule has 2 rings (SSSR count). The van der Waals surface area contributed by atoms with E-state index in [1.54, 1.807) is 16.9 Å². The van der Waals surface area contributed by atoms with Crippen LogP contribution in [0.25, 0.3) is 5.69 Å². The predicted octanol–water partition coefficient (Wildman–Crippen LogP) is 2.82. The zero-order valence-electron chi connectivity index (χ0n) is 12.9. The number of hydrogen-bond donors (Lipinski definition) is 1. The smallest absolute Gasteiger partial charge is 0.323 e. The van der Waals surface area contributed by atoms with Crippen molar-refractivity contribution in [2.45, 2.75) is 13.8 Å². The van der Waals surface area contributed by atoms with Gasteiger partial charge in [-0.3, -0.25) is 9.59 Å². The van der Waals surface area contributed by atoms with Crippen LogP contribution in [0.4, 0.5) is 0 Å². The van der Waals surface area contributed by atoms with Gasteiger partial charge in [0.15, 0.2) is 5.69 Å². The number of carboxylic acid groups (broad SMARTS) is 1. The van der Waals surface area contributed by atoms with E-state index >= 15 is 0 Å². The molecule has 0 saturated heterocycles. The van der Waals surface area contributed by atoms with E-state index in [9.17, 15) is 9.59 Å². The number of hydrogen-bond acceptors (Lipinski definition) is 3. The van der Waals surface area contributed by atoms with Gasteiger partial charge in [0.05, 0.1) is 5.69 Å². The fraction of sp³-hybridized carbons (Fsp3) is 0.312. The van der Waals surface area contributed by atoms with E-state index in [1.807, 2.05) is 38.1 Å². The lowest BCUT2D eigenvalue weighted by atomic mass is 10.2. The molecule has 0 radical (unpaired) electrons. The Labute approximate surface area is 142 Å². The second kappa shape index (κ2) is 7.41. The SMILES string of the molecule is CC(C)CN(CC(=O)O)C(=O)c1ccn(-c2cccc(Br)c2)n1. The molecule has 2 aromatic rings. The number of carboxylic acids is 1. The van der Waals surface area contributed by atoms with Crippen LogP contribution in [0.2, 0.25) is 0 Å². The van der Waals surface area contributed by atoms with E-state index in [-0.39, 0.29) is 24.1 Å². The third-order valence-electron chi connectivity index (χ3n) is 3.08. The Morgan fingerprint density at radius 1 is 1.35 bits per heavy atom. The molecule has 122 valence electrons. The summed E-state index contributed by atoms with van der Waals surface area (Å²) in [6, 6.07) is 9.12. The van der Waals surface area contributed by atoms with Gasteiger partial charge in [0.1, 0.15) is 6.54 Å². The third-order valence-corrected chi connectivity index (χ3v) is 3.57. The maximum absolute atomic E-state index is 12.5. The molecule has 1 aromatic carbocycles. The molecular formula is C16H18BrN3O3. The number of halogens is 1. The standard InChI is InChI=1S/C16H18BrN3O3/c1-11(2)9-19(10-15(21)22)16(23)14-6-7-20(18-14)13-5-3-4-12(17)8-13/h3-8,11H,9-10H2,1-2H3,(H,21,22). The molecule has 6 nitrogen and oxygen atoms in total. The van der Waals surface area contributed by atoms with Gasteiger partial charge in [-0.1, -0.05) is 35.8 Å². The second-order valence-electron chi connectivity index (χ2n) is 5.60. The van der Waals surface area contributed by atoms with Gasteiger partial charge in [-0.05, 0) is 30.2 Å². The molecule has 0 aliphatic rings. The number of carbonyl (C=O) groups is 2. The minimum Gasteiger partial charge on any atom is -0.480 e. The van der Waals surface area contributed by atoms with Crippen molar-refractivity contribution in [3.8, 4) is 5.69 Å². The molecule has 0 fully saturated rings. The first kappa shape index (κ1) is 17.2. The Balaban J connectivity index is 2.23. The number of aromatic nitrogens is 2. The summed E-state index contributed by atoms with van der Waals surface area (Å²) in [5, 5.41) is 13.3. The highest BCUT2D eigenvalue weighted by atomic mass is 79.9. The summed E-state index contributed by atoms with van der Waals surface area (Å²) in [7, 11) is 0. The Hall–Kier alpha value is -2.15. The van der Waals surface area contributed by atoms with E-state index in [2.05, 4.69) is 21.0 Å². The molecule has 1 N–H and O–H groups in total. The van der Waals surface area contributed by atoms with Crippen molar-refractivity contribution >= 4 is 27.8 Å². The number of aliphatic carboxylic acids is 1. The summed E-state index contributed by atoms with van der Waals surface area (Å²) in [5.41, 5.74) is 1.04. The minimum absolute atomic E-state index is 0.172. The first-order chi connectivity index (χ1) is 10.9. The Bertz CT molecular complexity index is 712. The van der Waals surface area contributed by atoms with Gasteiger partial charge in [0.2, 0.25) is 0 Å². The van der Waals surface area contributed by atoms with Gasteiger partial charge in [-0.2, -0.15) is 5.10 Å². The summed E-state index contributed by atoms with van der Waals surface area (Å²) < 4.78 is 2.50. The number of benzene rings is 1. The zero-order valence-corrected chi connectivity index (χ0v) is 14.5. The molecule has 0 bridgehead atoms. The predicted molar refractivity (Wildman–Crippen MR) is 89.6 cm³/mol. The van der Waals surface area contributed by atoms with Gasteiger partial charge in [-0.25, -0.2) is 4.68 Å². The van der Waals surface area contributed by atoms with Crippen LogP contribution < -0.4 is 0 Å². The lowest BCUT2D eigenvalue weighted by Gasteiger charge is -2.21. The van der Waals surface area contributed by atoms with E-state index in [1.165, 1.54) is 4.90 Å². The number of rotatable bonds is 6. The second-order valence-corrected chi connectivity index (χ2v) is 6.51. The van der Waals surface area contributed by atoms with Gasteiger partial charge in [-0.15, -0.1) is 0 Å². The number of carbonyl (C=O) groups excluding carboxylic acids is 1. The van der Waals surface area contributed by atoms with Gasteiger partial charge >= 0.3 is 5.97 Å². The van der Waals surface area contributed by atoms with Crippen LogP contribution >= 0.6 is 15.9 Å². The minimum atomic E-state index is -1.04. The van der Waals surface area contributed by atoms with Gasteiger partial charge in [0, 0.05) is 17.2 Å². The van der Waals surface area contributed by atoms with E-state index in [0.29, 0.717) is 6.54 Å². The van der Waals surface area contributed by atoms with Crippen molar-refractivity contribution < 1.29 is 14.7 Å². The first-order valence-corrected chi connectivity index (χ1v) is 7.99. The molecule has 0 saturated carbocycles. The molecule has 0 unspecified atom stereocenters. The van der Waals surface area contributed by atoms with Crippen molar-refractivity contribution in [2.75, 3.05) is 13.1 Å². The van der Waals surface area contributed by atoms with Crippen LogP contribution in [0.1, 0.15) is 24.3 Å². The third kappa shape index (κ3) is 4.66. The van der Waals surface area contributed by atoms with Crippen LogP contribution in [0, 0.1) is 5.92 Å². The maximum Gasteiger partial charge on any atom is 0.323 e. The van der Waals surface area contributed by atoms with E-state index < -0.39 is 5.97 Å². The highest BCUT2D eigenvalue weighted by molar-refractivity contribution is 9.10.